The van der Waals surface area contributed by atoms with Gasteiger partial charge in [0, 0.05) is 19.7 Å². The quantitative estimate of drug-likeness (QED) is 0.750. The van der Waals surface area contributed by atoms with Crippen molar-refractivity contribution in [3.05, 3.63) is 0 Å². The van der Waals surface area contributed by atoms with E-state index in [9.17, 15) is 4.79 Å². The van der Waals surface area contributed by atoms with E-state index < -0.39 is 0 Å². The lowest BCUT2D eigenvalue weighted by Gasteiger charge is -2.33. The van der Waals surface area contributed by atoms with Gasteiger partial charge in [-0.05, 0) is 38.3 Å². The number of ether oxygens (including phenoxy) is 1. The number of likely N-dealkylation sites (N-methyl/N-ethyl adjacent to an activating group) is 1. The summed E-state index contributed by atoms with van der Waals surface area (Å²) in [5.74, 6) is 0.550. The third-order valence-corrected chi connectivity index (χ3v) is 3.83. The molecule has 2 unspecified atom stereocenters. The smallest absolute Gasteiger partial charge is 0.251 e. The molecule has 0 aromatic rings. The van der Waals surface area contributed by atoms with Crippen molar-refractivity contribution in [3.63, 3.8) is 0 Å². The average Bonchev–Trinajstić information content (AvgIpc) is 2.75. The first-order valence-corrected chi connectivity index (χ1v) is 6.29. The Balaban J connectivity index is 1.92. The summed E-state index contributed by atoms with van der Waals surface area (Å²) >= 11 is 0. The van der Waals surface area contributed by atoms with Crippen molar-refractivity contribution in [1.82, 2.24) is 10.2 Å². The predicted octanol–water partition coefficient (Wildman–Crippen LogP) is 0.622. The van der Waals surface area contributed by atoms with E-state index in [2.05, 4.69) is 12.2 Å². The molecule has 2 fully saturated rings. The van der Waals surface area contributed by atoms with Crippen LogP contribution in [0.2, 0.25) is 0 Å². The molecule has 0 spiro atoms. The fourth-order valence-electron chi connectivity index (χ4n) is 2.59. The molecule has 2 rings (SSSR count). The summed E-state index contributed by atoms with van der Waals surface area (Å²) in [6, 6.07) is 0.394. The molecule has 4 heteroatoms. The van der Waals surface area contributed by atoms with Gasteiger partial charge in [0.1, 0.15) is 6.10 Å². The molecule has 16 heavy (non-hydrogen) atoms. The molecule has 0 aromatic heterocycles. The van der Waals surface area contributed by atoms with Crippen LogP contribution in [0.4, 0.5) is 0 Å². The summed E-state index contributed by atoms with van der Waals surface area (Å²) in [7, 11) is 1.92. The zero-order chi connectivity index (χ0) is 11.5. The van der Waals surface area contributed by atoms with Gasteiger partial charge in [0.05, 0.1) is 0 Å². The molecule has 0 bridgehead atoms. The number of carbonyl (C=O) groups excluding carboxylic acids is 1. The van der Waals surface area contributed by atoms with Gasteiger partial charge >= 0.3 is 0 Å². The standard InChI is InChI=1S/C12H22N2O2/c1-9-5-8-16-11(9)12(15)14(2)10-3-6-13-7-4-10/h9-11,13H,3-8H2,1-2H3. The second-order valence-electron chi connectivity index (χ2n) is 4.99. The van der Waals surface area contributed by atoms with E-state index in [1.807, 2.05) is 11.9 Å². The molecular formula is C12H22N2O2. The molecular weight excluding hydrogens is 204 g/mol. The maximum atomic E-state index is 12.2. The molecule has 2 atom stereocenters. The number of amides is 1. The van der Waals surface area contributed by atoms with Gasteiger partial charge in [-0.15, -0.1) is 0 Å². The number of hydrogen-bond donors (Lipinski definition) is 1. The first-order valence-electron chi connectivity index (χ1n) is 6.29. The molecule has 0 saturated carbocycles. The van der Waals surface area contributed by atoms with Crippen LogP contribution in [-0.2, 0) is 9.53 Å². The fourth-order valence-corrected chi connectivity index (χ4v) is 2.59. The first-order chi connectivity index (χ1) is 7.70. The molecule has 2 saturated heterocycles. The molecule has 0 aliphatic carbocycles. The van der Waals surface area contributed by atoms with Crippen LogP contribution in [0.15, 0.2) is 0 Å². The summed E-state index contributed by atoms with van der Waals surface area (Å²) in [5, 5.41) is 3.32. The molecule has 0 radical (unpaired) electrons. The topological polar surface area (TPSA) is 41.6 Å². The summed E-state index contributed by atoms with van der Waals surface area (Å²) in [4.78, 5) is 14.1. The van der Waals surface area contributed by atoms with Crippen molar-refractivity contribution in [2.75, 3.05) is 26.7 Å². The van der Waals surface area contributed by atoms with Gasteiger partial charge < -0.3 is 15.0 Å². The van der Waals surface area contributed by atoms with Crippen LogP contribution in [0, 0.1) is 5.92 Å². The molecule has 0 aromatic carbocycles. The lowest BCUT2D eigenvalue weighted by molar-refractivity contribution is -0.143. The van der Waals surface area contributed by atoms with Gasteiger partial charge in [0.2, 0.25) is 0 Å². The van der Waals surface area contributed by atoms with Gasteiger partial charge in [0.25, 0.3) is 5.91 Å². The summed E-state index contributed by atoms with van der Waals surface area (Å²) in [5.41, 5.74) is 0. The van der Waals surface area contributed by atoms with Crippen molar-refractivity contribution < 1.29 is 9.53 Å². The van der Waals surface area contributed by atoms with Crippen molar-refractivity contribution in [2.24, 2.45) is 5.92 Å². The third-order valence-electron chi connectivity index (χ3n) is 3.83. The Bertz CT molecular complexity index is 251. The van der Waals surface area contributed by atoms with E-state index >= 15 is 0 Å². The van der Waals surface area contributed by atoms with Crippen molar-refractivity contribution in [1.29, 1.82) is 0 Å². The van der Waals surface area contributed by atoms with Crippen molar-refractivity contribution in [2.45, 2.75) is 38.3 Å². The van der Waals surface area contributed by atoms with Crippen molar-refractivity contribution in [3.8, 4) is 0 Å². The number of hydrogen-bond acceptors (Lipinski definition) is 3. The Morgan fingerprint density at radius 2 is 2.00 bits per heavy atom. The van der Waals surface area contributed by atoms with E-state index in [1.54, 1.807) is 0 Å². The zero-order valence-corrected chi connectivity index (χ0v) is 10.2. The van der Waals surface area contributed by atoms with E-state index in [0.717, 1.165) is 39.0 Å². The minimum absolute atomic E-state index is 0.178. The lowest BCUT2D eigenvalue weighted by Crippen LogP contribution is -2.48. The Morgan fingerprint density at radius 1 is 1.31 bits per heavy atom. The minimum atomic E-state index is -0.195. The Hall–Kier alpha value is -0.610. The Kier molecular flexibility index (Phi) is 3.82. The summed E-state index contributed by atoms with van der Waals surface area (Å²) < 4.78 is 5.53. The van der Waals surface area contributed by atoms with Crippen LogP contribution in [0.5, 0.6) is 0 Å². The minimum Gasteiger partial charge on any atom is -0.368 e. The highest BCUT2D eigenvalue weighted by atomic mass is 16.5. The van der Waals surface area contributed by atoms with Gasteiger partial charge in [-0.25, -0.2) is 0 Å². The normalized spacial score (nSPS) is 31.6. The summed E-state index contributed by atoms with van der Waals surface area (Å²) in [6.45, 7) is 4.87. The molecule has 92 valence electrons. The summed E-state index contributed by atoms with van der Waals surface area (Å²) in [6.07, 6.45) is 2.93. The van der Waals surface area contributed by atoms with E-state index in [-0.39, 0.29) is 12.0 Å². The molecule has 2 aliphatic heterocycles. The van der Waals surface area contributed by atoms with Gasteiger partial charge in [-0.2, -0.15) is 0 Å². The predicted molar refractivity (Wildman–Crippen MR) is 62.2 cm³/mol. The number of nitrogens with one attached hydrogen (secondary N) is 1. The molecule has 1 N–H and O–H groups in total. The highest BCUT2D eigenvalue weighted by molar-refractivity contribution is 5.81. The van der Waals surface area contributed by atoms with Crippen LogP contribution < -0.4 is 5.32 Å². The number of piperidine rings is 1. The number of carbonyl (C=O) groups is 1. The third kappa shape index (κ3) is 2.38. The van der Waals surface area contributed by atoms with Crippen molar-refractivity contribution >= 4 is 5.91 Å². The molecule has 1 amide bonds. The second-order valence-corrected chi connectivity index (χ2v) is 4.99. The maximum absolute atomic E-state index is 12.2. The van der Waals surface area contributed by atoms with Gasteiger partial charge in [-0.3, -0.25) is 4.79 Å². The monoisotopic (exact) mass is 226 g/mol. The number of nitrogens with zero attached hydrogens (tertiary/aromatic N) is 1. The first kappa shape index (κ1) is 11.9. The van der Waals surface area contributed by atoms with E-state index in [1.165, 1.54) is 0 Å². The van der Waals surface area contributed by atoms with Gasteiger partial charge in [-0.1, -0.05) is 6.92 Å². The van der Waals surface area contributed by atoms with Crippen LogP contribution >= 0.6 is 0 Å². The lowest BCUT2D eigenvalue weighted by atomic mass is 10.0. The average molecular weight is 226 g/mol. The molecule has 2 aliphatic rings. The maximum Gasteiger partial charge on any atom is 0.251 e. The van der Waals surface area contributed by atoms with Crippen LogP contribution in [0.3, 0.4) is 0 Å². The molecule has 2 heterocycles. The van der Waals surface area contributed by atoms with Crippen LogP contribution in [0.25, 0.3) is 0 Å². The fraction of sp³-hybridized carbons (Fsp3) is 0.917. The largest absolute Gasteiger partial charge is 0.368 e. The number of rotatable bonds is 2. The highest BCUT2D eigenvalue weighted by Gasteiger charge is 2.35. The Morgan fingerprint density at radius 3 is 2.56 bits per heavy atom. The second kappa shape index (κ2) is 5.15. The van der Waals surface area contributed by atoms with E-state index in [0.29, 0.717) is 12.0 Å². The van der Waals surface area contributed by atoms with Crippen LogP contribution in [0.1, 0.15) is 26.2 Å². The Labute approximate surface area is 97.3 Å². The van der Waals surface area contributed by atoms with E-state index in [4.69, 9.17) is 4.74 Å². The van der Waals surface area contributed by atoms with Gasteiger partial charge in [0.15, 0.2) is 0 Å². The van der Waals surface area contributed by atoms with Crippen LogP contribution in [-0.4, -0.2) is 49.7 Å². The zero-order valence-electron chi connectivity index (χ0n) is 10.2. The SMILES string of the molecule is CC1CCOC1C(=O)N(C)C1CCNCC1. The highest BCUT2D eigenvalue weighted by Crippen LogP contribution is 2.23. The molecule has 4 nitrogen and oxygen atoms in total.